The summed E-state index contributed by atoms with van der Waals surface area (Å²) in [5.41, 5.74) is 0. The van der Waals surface area contributed by atoms with Crippen molar-refractivity contribution in [2.45, 2.75) is 58.3 Å². The minimum Gasteiger partial charge on any atom is -0.396 e. The molecule has 0 atom stereocenters. The predicted octanol–water partition coefficient (Wildman–Crippen LogP) is 2.69. The zero-order chi connectivity index (χ0) is 9.94. The molecule has 2 nitrogen and oxygen atoms in total. The van der Waals surface area contributed by atoms with Crippen molar-refractivity contribution in [2.75, 3.05) is 6.61 Å². The van der Waals surface area contributed by atoms with Gasteiger partial charge in [0.2, 0.25) is 0 Å². The zero-order valence-electron chi connectivity index (χ0n) is 8.72. The van der Waals surface area contributed by atoms with Gasteiger partial charge in [0.25, 0.3) is 0 Å². The highest BCUT2D eigenvalue weighted by Gasteiger charge is 2.00. The van der Waals surface area contributed by atoms with Gasteiger partial charge in [-0.05, 0) is 12.8 Å². The normalized spacial score (nSPS) is 10.3. The highest BCUT2D eigenvalue weighted by Crippen LogP contribution is 2.06. The largest absolute Gasteiger partial charge is 0.396 e. The number of hydrogen-bond donors (Lipinski definition) is 1. The topological polar surface area (TPSA) is 37.3 Å². The average Bonchev–Trinajstić information content (AvgIpc) is 2.14. The average molecular weight is 186 g/mol. The van der Waals surface area contributed by atoms with Crippen molar-refractivity contribution in [1.82, 2.24) is 0 Å². The van der Waals surface area contributed by atoms with Gasteiger partial charge in [-0.25, -0.2) is 0 Å². The van der Waals surface area contributed by atoms with Crippen LogP contribution >= 0.6 is 0 Å². The third-order valence-electron chi connectivity index (χ3n) is 2.17. The molecule has 0 aromatic heterocycles. The Bertz CT molecular complexity index is 121. The number of unbranched alkanes of at least 4 members (excludes halogenated alkanes) is 4. The zero-order valence-corrected chi connectivity index (χ0v) is 8.72. The van der Waals surface area contributed by atoms with Crippen molar-refractivity contribution in [3.8, 4) is 0 Å². The molecule has 13 heavy (non-hydrogen) atoms. The third-order valence-corrected chi connectivity index (χ3v) is 2.17. The molecule has 0 saturated carbocycles. The fraction of sp³-hybridized carbons (Fsp3) is 0.909. The highest BCUT2D eigenvalue weighted by molar-refractivity contribution is 5.78. The van der Waals surface area contributed by atoms with Gasteiger partial charge >= 0.3 is 0 Å². The summed E-state index contributed by atoms with van der Waals surface area (Å²) in [6.07, 6.45) is 7.90. The summed E-state index contributed by atoms with van der Waals surface area (Å²) in [5.74, 6) is 0.311. The first-order chi connectivity index (χ1) is 6.31. The van der Waals surface area contributed by atoms with Crippen molar-refractivity contribution in [3.05, 3.63) is 0 Å². The number of rotatable bonds is 9. The van der Waals surface area contributed by atoms with E-state index in [4.69, 9.17) is 5.11 Å². The predicted molar refractivity (Wildman–Crippen MR) is 54.7 cm³/mol. The second-order valence-electron chi connectivity index (χ2n) is 3.53. The Hall–Kier alpha value is -0.370. The molecule has 0 aliphatic rings. The number of Topliss-reactive ketones (excluding diaryl/α,β-unsaturated/α-hetero) is 1. The Labute approximate surface area is 81.3 Å². The second-order valence-corrected chi connectivity index (χ2v) is 3.53. The van der Waals surface area contributed by atoms with Crippen molar-refractivity contribution < 1.29 is 9.90 Å². The van der Waals surface area contributed by atoms with Gasteiger partial charge in [-0.1, -0.05) is 32.6 Å². The Morgan fingerprint density at radius 3 is 2.23 bits per heavy atom. The first-order valence-corrected chi connectivity index (χ1v) is 5.43. The lowest BCUT2D eigenvalue weighted by Gasteiger charge is -1.99. The van der Waals surface area contributed by atoms with E-state index >= 15 is 0 Å². The third kappa shape index (κ3) is 9.54. The minimum atomic E-state index is 0.140. The highest BCUT2D eigenvalue weighted by atomic mass is 16.3. The summed E-state index contributed by atoms with van der Waals surface area (Å²) in [5, 5.41) is 8.50. The maximum atomic E-state index is 11.1. The van der Waals surface area contributed by atoms with Gasteiger partial charge in [-0.3, -0.25) is 4.79 Å². The Kier molecular flexibility index (Phi) is 9.44. The van der Waals surface area contributed by atoms with E-state index in [9.17, 15) is 4.79 Å². The molecule has 0 radical (unpaired) electrons. The van der Waals surface area contributed by atoms with E-state index < -0.39 is 0 Å². The number of carbonyl (C=O) groups is 1. The summed E-state index contributed by atoms with van der Waals surface area (Å²) in [6, 6.07) is 0. The van der Waals surface area contributed by atoms with Crippen molar-refractivity contribution in [2.24, 2.45) is 0 Å². The van der Waals surface area contributed by atoms with Gasteiger partial charge in [0.05, 0.1) is 0 Å². The van der Waals surface area contributed by atoms with Gasteiger partial charge in [-0.15, -0.1) is 0 Å². The van der Waals surface area contributed by atoms with E-state index in [2.05, 4.69) is 6.92 Å². The van der Waals surface area contributed by atoms with Gasteiger partial charge in [0, 0.05) is 19.4 Å². The van der Waals surface area contributed by atoms with Crippen LogP contribution < -0.4 is 0 Å². The maximum absolute atomic E-state index is 11.1. The van der Waals surface area contributed by atoms with Crippen LogP contribution in [0.2, 0.25) is 0 Å². The lowest BCUT2D eigenvalue weighted by molar-refractivity contribution is -0.119. The van der Waals surface area contributed by atoms with E-state index in [0.717, 1.165) is 6.42 Å². The van der Waals surface area contributed by atoms with Crippen LogP contribution in [0.15, 0.2) is 0 Å². The van der Waals surface area contributed by atoms with Crippen LogP contribution in [0.4, 0.5) is 0 Å². The molecule has 0 aromatic rings. The van der Waals surface area contributed by atoms with E-state index in [1.165, 1.54) is 25.7 Å². The molecule has 0 aliphatic carbocycles. The van der Waals surface area contributed by atoms with Crippen LogP contribution in [0.25, 0.3) is 0 Å². The van der Waals surface area contributed by atoms with Gasteiger partial charge < -0.3 is 5.11 Å². The monoisotopic (exact) mass is 186 g/mol. The SMILES string of the molecule is CCCCCCCC(=O)CCCO. The van der Waals surface area contributed by atoms with E-state index in [0.29, 0.717) is 25.0 Å². The molecule has 0 spiro atoms. The summed E-state index contributed by atoms with van der Waals surface area (Å²) in [6.45, 7) is 2.33. The molecule has 0 fully saturated rings. The van der Waals surface area contributed by atoms with Gasteiger partial charge in [0.1, 0.15) is 5.78 Å². The molecule has 0 unspecified atom stereocenters. The van der Waals surface area contributed by atoms with Crippen LogP contribution in [0.3, 0.4) is 0 Å². The summed E-state index contributed by atoms with van der Waals surface area (Å²) >= 11 is 0. The van der Waals surface area contributed by atoms with Crippen LogP contribution in [0.5, 0.6) is 0 Å². The molecule has 2 heteroatoms. The quantitative estimate of drug-likeness (QED) is 0.562. The molecular formula is C11H22O2. The molecule has 0 amide bonds. The van der Waals surface area contributed by atoms with E-state index in [1.54, 1.807) is 0 Å². The summed E-state index contributed by atoms with van der Waals surface area (Å²) in [7, 11) is 0. The van der Waals surface area contributed by atoms with Crippen LogP contribution in [-0.4, -0.2) is 17.5 Å². The number of carbonyl (C=O) groups excluding carboxylic acids is 1. The first-order valence-electron chi connectivity index (χ1n) is 5.43. The number of aliphatic hydroxyl groups excluding tert-OH is 1. The molecule has 0 saturated heterocycles. The Balaban J connectivity index is 3.08. The molecule has 78 valence electrons. The smallest absolute Gasteiger partial charge is 0.132 e. The van der Waals surface area contributed by atoms with E-state index in [-0.39, 0.29) is 6.61 Å². The molecule has 0 aliphatic heterocycles. The maximum Gasteiger partial charge on any atom is 0.132 e. The second kappa shape index (κ2) is 9.72. The number of aliphatic hydroxyl groups is 1. The van der Waals surface area contributed by atoms with Crippen molar-refractivity contribution in [3.63, 3.8) is 0 Å². The Morgan fingerprint density at radius 1 is 1.00 bits per heavy atom. The van der Waals surface area contributed by atoms with Crippen molar-refractivity contribution >= 4 is 5.78 Å². The standard InChI is InChI=1S/C11H22O2/c1-2-3-4-5-6-8-11(13)9-7-10-12/h12H,2-10H2,1H3. The van der Waals surface area contributed by atoms with Crippen LogP contribution in [0, 0.1) is 0 Å². The van der Waals surface area contributed by atoms with Crippen LogP contribution in [-0.2, 0) is 4.79 Å². The number of hydrogen-bond acceptors (Lipinski definition) is 2. The summed E-state index contributed by atoms with van der Waals surface area (Å²) < 4.78 is 0. The van der Waals surface area contributed by atoms with Crippen LogP contribution in [0.1, 0.15) is 58.3 Å². The lowest BCUT2D eigenvalue weighted by atomic mass is 10.1. The Morgan fingerprint density at radius 2 is 1.62 bits per heavy atom. The molecule has 0 aromatic carbocycles. The van der Waals surface area contributed by atoms with Crippen molar-refractivity contribution in [1.29, 1.82) is 0 Å². The molecule has 1 N–H and O–H groups in total. The van der Waals surface area contributed by atoms with Gasteiger partial charge in [-0.2, -0.15) is 0 Å². The fourth-order valence-corrected chi connectivity index (χ4v) is 1.33. The van der Waals surface area contributed by atoms with E-state index in [1.807, 2.05) is 0 Å². The minimum absolute atomic E-state index is 0.140. The van der Waals surface area contributed by atoms with Gasteiger partial charge in [0.15, 0.2) is 0 Å². The first kappa shape index (κ1) is 12.6. The number of ketones is 1. The molecular weight excluding hydrogens is 164 g/mol. The molecule has 0 heterocycles. The molecule has 0 rings (SSSR count). The fourth-order valence-electron chi connectivity index (χ4n) is 1.33. The summed E-state index contributed by atoms with van der Waals surface area (Å²) in [4.78, 5) is 11.1. The molecule has 0 bridgehead atoms. The lowest BCUT2D eigenvalue weighted by Crippen LogP contribution is -1.98.